The lowest BCUT2D eigenvalue weighted by molar-refractivity contribution is -0.583. The van der Waals surface area contributed by atoms with Gasteiger partial charge < -0.3 is 41.0 Å². The molecule has 2 rings (SSSR count). The van der Waals surface area contributed by atoms with Crippen molar-refractivity contribution in [2.45, 2.75) is 24.0 Å². The van der Waals surface area contributed by atoms with Crippen molar-refractivity contribution in [3.05, 3.63) is 35.9 Å². The van der Waals surface area contributed by atoms with Crippen LogP contribution in [0.15, 0.2) is 30.3 Å². The number of hydrogen-bond donors (Lipinski definition) is 8. The molecule has 1 aromatic rings. The summed E-state index contributed by atoms with van der Waals surface area (Å²) in [5.74, 6) is -13.3. The molecule has 0 radical (unpaired) electrons. The number of hydroxylamine groups is 2. The minimum atomic E-state index is -4.09. The third-order valence-corrected chi connectivity index (χ3v) is 3.21. The Morgan fingerprint density at radius 1 is 0.955 bits per heavy atom. The summed E-state index contributed by atoms with van der Waals surface area (Å²) >= 11 is 0. The van der Waals surface area contributed by atoms with E-state index in [0.29, 0.717) is 0 Å². The van der Waals surface area contributed by atoms with Crippen LogP contribution in [0.5, 0.6) is 0 Å². The van der Waals surface area contributed by atoms with Gasteiger partial charge in [-0.2, -0.15) is 0 Å². The van der Waals surface area contributed by atoms with Crippen molar-refractivity contribution in [1.82, 2.24) is 9.96 Å². The molecule has 8 N–H and O–H groups in total. The molecule has 1 fully saturated rings. The number of hydrogen-bond acceptors (Lipinski definition) is 10. The summed E-state index contributed by atoms with van der Waals surface area (Å²) in [5, 5.41) is 75.8. The summed E-state index contributed by atoms with van der Waals surface area (Å²) in [6.45, 7) is 0. The van der Waals surface area contributed by atoms with Gasteiger partial charge in [0.2, 0.25) is 6.23 Å². The molecule has 1 aromatic carbocycles. The van der Waals surface area contributed by atoms with Gasteiger partial charge in [-0.25, -0.2) is 4.90 Å². The van der Waals surface area contributed by atoms with Gasteiger partial charge in [0.1, 0.15) is 0 Å². The first-order valence-corrected chi connectivity index (χ1v) is 5.86. The smallest absolute Gasteiger partial charge is 0.329 e. The number of benzene rings is 1. The quantitative estimate of drug-likeness (QED) is 0.238. The van der Waals surface area contributed by atoms with E-state index in [2.05, 4.69) is 0 Å². The van der Waals surface area contributed by atoms with E-state index >= 15 is 0 Å². The second kappa shape index (κ2) is 4.92. The van der Waals surface area contributed by atoms with Crippen molar-refractivity contribution >= 4 is 5.91 Å². The summed E-state index contributed by atoms with van der Waals surface area (Å²) in [6, 6.07) is 6.55. The van der Waals surface area contributed by atoms with Gasteiger partial charge in [-0.15, -0.1) is 0 Å². The largest absolute Gasteiger partial charge is 0.370 e. The molecular weight excluding hydrogens is 304 g/mol. The van der Waals surface area contributed by atoms with Crippen molar-refractivity contribution in [3.63, 3.8) is 0 Å². The minimum Gasteiger partial charge on any atom is -0.370 e. The molecule has 1 heterocycles. The number of carbonyl (C=O) groups is 1. The average Bonchev–Trinajstić information content (AvgIpc) is 2.44. The van der Waals surface area contributed by atoms with Crippen LogP contribution in [0.25, 0.3) is 0 Å². The molecule has 1 aliphatic heterocycles. The predicted octanol–water partition coefficient (Wildman–Crippen LogP) is -3.93. The molecular formula is C11H14N2O9. The van der Waals surface area contributed by atoms with Crippen molar-refractivity contribution in [2.24, 2.45) is 0 Å². The molecule has 0 aliphatic carbocycles. The lowest BCUT2D eigenvalue weighted by atomic mass is 10.1. The molecule has 11 heteroatoms. The van der Waals surface area contributed by atoms with Crippen LogP contribution in [0.3, 0.4) is 0 Å². The molecule has 1 saturated heterocycles. The van der Waals surface area contributed by atoms with Crippen molar-refractivity contribution in [2.75, 3.05) is 0 Å². The third-order valence-electron chi connectivity index (χ3n) is 3.21. The van der Waals surface area contributed by atoms with Crippen LogP contribution in [0.1, 0.15) is 10.4 Å². The molecule has 1 unspecified atom stereocenters. The number of nitrogens with zero attached hydrogens (tertiary/aromatic N) is 2. The number of rotatable bonds is 1. The normalized spacial score (nSPS) is 26.7. The van der Waals surface area contributed by atoms with Crippen LogP contribution in [0.4, 0.5) is 0 Å². The molecule has 122 valence electrons. The standard InChI is InChI=1S/C11H14N2O9/c14-7(6-4-2-1-3-5-6)12-9(16,17)8(15)13(22)11(20,21)10(12,18)19/h1-5,8,15-22H. The summed E-state index contributed by atoms with van der Waals surface area (Å²) in [5.41, 5.74) is -0.295. The highest BCUT2D eigenvalue weighted by Gasteiger charge is 2.72. The molecule has 0 saturated carbocycles. The Bertz CT molecular complexity index is 574. The first-order valence-electron chi connectivity index (χ1n) is 5.86. The molecule has 1 atom stereocenters. The Balaban J connectivity index is 2.58. The van der Waals surface area contributed by atoms with Gasteiger partial charge in [0.25, 0.3) is 11.8 Å². The van der Waals surface area contributed by atoms with Crippen LogP contribution in [-0.2, 0) is 0 Å². The first kappa shape index (κ1) is 16.7. The van der Waals surface area contributed by atoms with Crippen LogP contribution >= 0.6 is 0 Å². The molecule has 11 nitrogen and oxygen atoms in total. The van der Waals surface area contributed by atoms with Gasteiger partial charge in [0.15, 0.2) is 0 Å². The number of piperazine rings is 1. The van der Waals surface area contributed by atoms with Gasteiger partial charge in [0.05, 0.1) is 0 Å². The maximum Gasteiger partial charge on any atom is 0.329 e. The highest BCUT2D eigenvalue weighted by Crippen LogP contribution is 2.38. The Kier molecular flexibility index (Phi) is 3.73. The Hall–Kier alpha value is -1.67. The van der Waals surface area contributed by atoms with Crippen molar-refractivity contribution in [3.8, 4) is 0 Å². The van der Waals surface area contributed by atoms with Gasteiger partial charge in [-0.3, -0.25) is 4.79 Å². The highest BCUT2D eigenvalue weighted by molar-refractivity contribution is 5.95. The fourth-order valence-corrected chi connectivity index (χ4v) is 1.98. The fraction of sp³-hybridized carbons (Fsp3) is 0.364. The van der Waals surface area contributed by atoms with E-state index < -0.39 is 39.8 Å². The van der Waals surface area contributed by atoms with Crippen molar-refractivity contribution in [1.29, 1.82) is 0 Å². The van der Waals surface area contributed by atoms with Gasteiger partial charge in [-0.05, 0) is 12.1 Å². The fourth-order valence-electron chi connectivity index (χ4n) is 1.98. The van der Waals surface area contributed by atoms with Crippen LogP contribution < -0.4 is 0 Å². The van der Waals surface area contributed by atoms with Gasteiger partial charge in [0, 0.05) is 5.56 Å². The topological polar surface area (TPSA) is 185 Å². The zero-order valence-corrected chi connectivity index (χ0v) is 10.8. The van der Waals surface area contributed by atoms with E-state index in [9.17, 15) is 45.7 Å². The van der Waals surface area contributed by atoms with E-state index in [1.807, 2.05) is 0 Å². The maximum atomic E-state index is 12.2. The van der Waals surface area contributed by atoms with Crippen molar-refractivity contribution < 1.29 is 45.7 Å². The summed E-state index contributed by atoms with van der Waals surface area (Å²) in [6.07, 6.45) is -2.89. The maximum absolute atomic E-state index is 12.2. The number of amides is 1. The lowest BCUT2D eigenvalue weighted by Gasteiger charge is -2.55. The predicted molar refractivity (Wildman–Crippen MR) is 63.7 cm³/mol. The van der Waals surface area contributed by atoms with Gasteiger partial charge >= 0.3 is 11.8 Å². The Labute approximate surface area is 122 Å². The third kappa shape index (κ3) is 2.09. The zero-order chi connectivity index (χ0) is 16.9. The summed E-state index contributed by atoms with van der Waals surface area (Å²) < 4.78 is 0. The molecule has 1 amide bonds. The first-order chi connectivity index (χ1) is 9.95. The van der Waals surface area contributed by atoms with E-state index in [0.717, 1.165) is 12.1 Å². The Morgan fingerprint density at radius 3 is 1.95 bits per heavy atom. The highest BCUT2D eigenvalue weighted by atomic mass is 16.7. The Morgan fingerprint density at radius 2 is 1.45 bits per heavy atom. The molecule has 22 heavy (non-hydrogen) atoms. The van der Waals surface area contributed by atoms with E-state index in [4.69, 9.17) is 0 Å². The van der Waals surface area contributed by atoms with E-state index in [1.165, 1.54) is 18.2 Å². The minimum absolute atomic E-state index is 0.295. The van der Waals surface area contributed by atoms with E-state index in [-0.39, 0.29) is 5.56 Å². The zero-order valence-electron chi connectivity index (χ0n) is 10.8. The van der Waals surface area contributed by atoms with Crippen LogP contribution in [0, 0.1) is 0 Å². The number of aliphatic hydroxyl groups is 7. The molecule has 0 aromatic heterocycles. The van der Waals surface area contributed by atoms with E-state index in [1.54, 1.807) is 0 Å². The van der Waals surface area contributed by atoms with Crippen LogP contribution in [-0.4, -0.2) is 80.8 Å². The monoisotopic (exact) mass is 318 g/mol. The summed E-state index contributed by atoms with van der Waals surface area (Å²) in [7, 11) is 0. The lowest BCUT2D eigenvalue weighted by Crippen LogP contribution is -2.86. The SMILES string of the molecule is O=C(c1ccccc1)N1C(O)(O)C(O)N(O)C(O)(O)C1(O)O. The van der Waals surface area contributed by atoms with Crippen LogP contribution in [0.2, 0.25) is 0 Å². The summed E-state index contributed by atoms with van der Waals surface area (Å²) in [4.78, 5) is 11.6. The second-order valence-electron chi connectivity index (χ2n) is 4.68. The number of carbonyl (C=O) groups excluding carboxylic acids is 1. The molecule has 0 bridgehead atoms. The molecule has 0 spiro atoms. The second-order valence-corrected chi connectivity index (χ2v) is 4.68. The average molecular weight is 318 g/mol. The van der Waals surface area contributed by atoms with Gasteiger partial charge in [-0.1, -0.05) is 23.3 Å². The number of aliphatic hydroxyl groups excluding tert-OH is 1. The molecule has 1 aliphatic rings.